The van der Waals surface area contributed by atoms with Crippen LogP contribution in [0.5, 0.6) is 0 Å². The van der Waals surface area contributed by atoms with Gasteiger partial charge >= 0.3 is 0 Å². The first-order valence-electron chi connectivity index (χ1n) is 6.86. The lowest BCUT2D eigenvalue weighted by molar-refractivity contribution is 0.0701. The van der Waals surface area contributed by atoms with E-state index in [9.17, 15) is 17.6 Å². The summed E-state index contributed by atoms with van der Waals surface area (Å²) in [7, 11) is 1.16. The maximum absolute atomic E-state index is 14.0. The fourth-order valence-corrected chi connectivity index (χ4v) is 3.10. The first kappa shape index (κ1) is 16.2. The number of hydrogen-bond acceptors (Lipinski definition) is 3. The van der Waals surface area contributed by atoms with Crippen molar-refractivity contribution in [1.29, 1.82) is 0 Å². The molecular weight excluding hydrogens is 317 g/mol. The Labute approximate surface area is 128 Å². The highest BCUT2D eigenvalue weighted by atomic mass is 35.7. The number of benzene rings is 1. The highest BCUT2D eigenvalue weighted by Gasteiger charge is 2.25. The predicted octanol–water partition coefficient (Wildman–Crippen LogP) is 3.02. The first-order valence-corrected chi connectivity index (χ1v) is 9.17. The van der Waals surface area contributed by atoms with Crippen molar-refractivity contribution in [2.45, 2.75) is 31.1 Å². The van der Waals surface area contributed by atoms with Crippen molar-refractivity contribution in [1.82, 2.24) is 4.90 Å². The molecule has 0 aromatic heterocycles. The standard InChI is InChI=1S/C14H17ClFNO3S/c1-2-17(9-10-4-3-5-10)14(18)12-7-6-11(8-13(12)16)21(15,19)20/h6-8,10H,2-5,9H2,1H3. The molecule has 0 bridgehead atoms. The van der Waals surface area contributed by atoms with E-state index in [4.69, 9.17) is 10.7 Å². The summed E-state index contributed by atoms with van der Waals surface area (Å²) >= 11 is 0. The van der Waals surface area contributed by atoms with Crippen LogP contribution in [0.25, 0.3) is 0 Å². The van der Waals surface area contributed by atoms with Gasteiger partial charge in [0.2, 0.25) is 0 Å². The van der Waals surface area contributed by atoms with Crippen molar-refractivity contribution in [3.63, 3.8) is 0 Å². The fraction of sp³-hybridized carbons (Fsp3) is 0.500. The molecule has 0 radical (unpaired) electrons. The van der Waals surface area contributed by atoms with E-state index in [0.717, 1.165) is 25.0 Å². The molecule has 0 spiro atoms. The molecule has 0 unspecified atom stereocenters. The van der Waals surface area contributed by atoms with Gasteiger partial charge in [-0.3, -0.25) is 4.79 Å². The summed E-state index contributed by atoms with van der Waals surface area (Å²) in [6, 6.07) is 3.11. The molecule has 1 aliphatic carbocycles. The first-order chi connectivity index (χ1) is 9.82. The molecule has 7 heteroatoms. The van der Waals surface area contributed by atoms with Gasteiger partial charge in [0.25, 0.3) is 15.0 Å². The van der Waals surface area contributed by atoms with E-state index in [-0.39, 0.29) is 10.5 Å². The molecule has 21 heavy (non-hydrogen) atoms. The number of amides is 1. The number of carbonyl (C=O) groups is 1. The highest BCUT2D eigenvalue weighted by Crippen LogP contribution is 2.28. The predicted molar refractivity (Wildman–Crippen MR) is 78.4 cm³/mol. The molecule has 0 atom stereocenters. The van der Waals surface area contributed by atoms with Crippen LogP contribution in [-0.4, -0.2) is 32.3 Å². The third-order valence-corrected chi connectivity index (χ3v) is 5.18. The maximum Gasteiger partial charge on any atom is 0.261 e. The largest absolute Gasteiger partial charge is 0.339 e. The van der Waals surface area contributed by atoms with Gasteiger partial charge in [0.1, 0.15) is 5.82 Å². The van der Waals surface area contributed by atoms with Gasteiger partial charge < -0.3 is 4.90 Å². The molecule has 1 aromatic rings. The third-order valence-electron chi connectivity index (χ3n) is 3.82. The van der Waals surface area contributed by atoms with Gasteiger partial charge in [-0.15, -0.1) is 0 Å². The Morgan fingerprint density at radius 3 is 2.52 bits per heavy atom. The molecule has 1 aliphatic rings. The SMILES string of the molecule is CCN(CC1CCC1)C(=O)c1ccc(S(=O)(=O)Cl)cc1F. The van der Waals surface area contributed by atoms with Crippen LogP contribution in [0.3, 0.4) is 0 Å². The van der Waals surface area contributed by atoms with Crippen LogP contribution in [0.15, 0.2) is 23.1 Å². The summed E-state index contributed by atoms with van der Waals surface area (Å²) < 4.78 is 36.3. The fourth-order valence-electron chi connectivity index (χ4n) is 2.33. The zero-order chi connectivity index (χ0) is 15.6. The molecule has 116 valence electrons. The summed E-state index contributed by atoms with van der Waals surface area (Å²) in [6.45, 7) is 2.95. The van der Waals surface area contributed by atoms with E-state index in [0.29, 0.717) is 19.0 Å². The van der Waals surface area contributed by atoms with Gasteiger partial charge in [0.15, 0.2) is 0 Å². The average molecular weight is 334 g/mol. The molecular formula is C14H17ClFNO3S. The molecule has 1 saturated carbocycles. The molecule has 1 aromatic carbocycles. The van der Waals surface area contributed by atoms with Gasteiger partial charge in [0.05, 0.1) is 10.5 Å². The van der Waals surface area contributed by atoms with E-state index in [1.165, 1.54) is 12.5 Å². The molecule has 0 saturated heterocycles. The Hall–Kier alpha value is -1.14. The van der Waals surface area contributed by atoms with Crippen molar-refractivity contribution in [2.24, 2.45) is 5.92 Å². The average Bonchev–Trinajstić information content (AvgIpc) is 2.36. The van der Waals surface area contributed by atoms with Crippen LogP contribution in [-0.2, 0) is 9.05 Å². The number of halogens is 2. The molecule has 2 rings (SSSR count). The van der Waals surface area contributed by atoms with Crippen LogP contribution in [0.4, 0.5) is 4.39 Å². The minimum atomic E-state index is -4.00. The van der Waals surface area contributed by atoms with E-state index in [1.807, 2.05) is 6.92 Å². The second kappa shape index (κ2) is 6.32. The van der Waals surface area contributed by atoms with Gasteiger partial charge in [-0.25, -0.2) is 12.8 Å². The van der Waals surface area contributed by atoms with Crippen molar-refractivity contribution in [2.75, 3.05) is 13.1 Å². The van der Waals surface area contributed by atoms with Crippen LogP contribution >= 0.6 is 10.7 Å². The Bertz CT molecular complexity index is 644. The summed E-state index contributed by atoms with van der Waals surface area (Å²) in [4.78, 5) is 13.6. The molecule has 4 nitrogen and oxygen atoms in total. The topological polar surface area (TPSA) is 54.5 Å². The van der Waals surface area contributed by atoms with Gasteiger partial charge in [-0.2, -0.15) is 0 Å². The Kier molecular flexibility index (Phi) is 4.88. The second-order valence-electron chi connectivity index (χ2n) is 5.22. The normalized spacial score (nSPS) is 15.6. The Morgan fingerprint density at radius 1 is 1.43 bits per heavy atom. The highest BCUT2D eigenvalue weighted by molar-refractivity contribution is 8.13. The van der Waals surface area contributed by atoms with Crippen molar-refractivity contribution in [3.8, 4) is 0 Å². The number of nitrogens with zero attached hydrogens (tertiary/aromatic N) is 1. The lowest BCUT2D eigenvalue weighted by atomic mass is 9.85. The van der Waals surface area contributed by atoms with Crippen LogP contribution in [0.2, 0.25) is 0 Å². The lowest BCUT2D eigenvalue weighted by Crippen LogP contribution is -2.37. The smallest absolute Gasteiger partial charge is 0.261 e. The zero-order valence-corrected chi connectivity index (χ0v) is 13.3. The van der Waals surface area contributed by atoms with Crippen LogP contribution in [0.1, 0.15) is 36.5 Å². The third kappa shape index (κ3) is 3.74. The van der Waals surface area contributed by atoms with E-state index in [1.54, 1.807) is 4.90 Å². The Balaban J connectivity index is 2.21. The molecule has 1 fully saturated rings. The monoisotopic (exact) mass is 333 g/mol. The van der Waals surface area contributed by atoms with Crippen molar-refractivity contribution in [3.05, 3.63) is 29.6 Å². The van der Waals surface area contributed by atoms with Crippen molar-refractivity contribution < 1.29 is 17.6 Å². The van der Waals surface area contributed by atoms with Crippen LogP contribution < -0.4 is 0 Å². The summed E-state index contributed by atoms with van der Waals surface area (Å²) in [5.41, 5.74) is -0.125. The lowest BCUT2D eigenvalue weighted by Gasteiger charge is -2.31. The maximum atomic E-state index is 14.0. The van der Waals surface area contributed by atoms with E-state index < -0.39 is 20.8 Å². The summed E-state index contributed by atoms with van der Waals surface area (Å²) in [5, 5.41) is 0. The second-order valence-corrected chi connectivity index (χ2v) is 7.79. The zero-order valence-electron chi connectivity index (χ0n) is 11.7. The van der Waals surface area contributed by atoms with Gasteiger partial charge in [0, 0.05) is 23.8 Å². The summed E-state index contributed by atoms with van der Waals surface area (Å²) in [5.74, 6) is -0.798. The number of hydrogen-bond donors (Lipinski definition) is 0. The van der Waals surface area contributed by atoms with Crippen LogP contribution in [0, 0.1) is 11.7 Å². The minimum absolute atomic E-state index is 0.125. The van der Waals surface area contributed by atoms with Crippen molar-refractivity contribution >= 4 is 25.6 Å². The van der Waals surface area contributed by atoms with E-state index in [2.05, 4.69) is 0 Å². The molecule has 0 aliphatic heterocycles. The molecule has 0 heterocycles. The van der Waals surface area contributed by atoms with Gasteiger partial charge in [-0.05, 0) is 43.9 Å². The number of rotatable bonds is 5. The Morgan fingerprint density at radius 2 is 2.10 bits per heavy atom. The molecule has 1 amide bonds. The van der Waals surface area contributed by atoms with E-state index >= 15 is 0 Å². The van der Waals surface area contributed by atoms with Gasteiger partial charge in [-0.1, -0.05) is 6.42 Å². The summed E-state index contributed by atoms with van der Waals surface area (Å²) in [6.07, 6.45) is 3.36. The molecule has 0 N–H and O–H groups in total. The minimum Gasteiger partial charge on any atom is -0.339 e. The quantitative estimate of drug-likeness (QED) is 0.778. The number of carbonyl (C=O) groups excluding carboxylic acids is 1.